The summed E-state index contributed by atoms with van der Waals surface area (Å²) in [6, 6.07) is 15.1. The van der Waals surface area contributed by atoms with Gasteiger partial charge < -0.3 is 15.4 Å². The van der Waals surface area contributed by atoms with Crippen LogP contribution < -0.4 is 10.6 Å². The van der Waals surface area contributed by atoms with E-state index < -0.39 is 0 Å². The maximum atomic E-state index is 12.3. The van der Waals surface area contributed by atoms with E-state index in [0.717, 1.165) is 24.2 Å². The van der Waals surface area contributed by atoms with Crippen molar-refractivity contribution in [2.75, 3.05) is 11.9 Å². The van der Waals surface area contributed by atoms with Crippen LogP contribution in [0.25, 0.3) is 0 Å². The molecule has 23 heavy (non-hydrogen) atoms. The minimum absolute atomic E-state index is 0.0665. The number of ether oxygens (including phenoxy) is 1. The third-order valence-corrected chi connectivity index (χ3v) is 4.62. The molecule has 0 aromatic heterocycles. The Morgan fingerprint density at radius 1 is 1.22 bits per heavy atom. The van der Waals surface area contributed by atoms with Gasteiger partial charge in [0.25, 0.3) is 5.91 Å². The summed E-state index contributed by atoms with van der Waals surface area (Å²) in [4.78, 5) is 12.3. The first kappa shape index (κ1) is 14.7. The minimum Gasteiger partial charge on any atom is -0.367 e. The van der Waals surface area contributed by atoms with Crippen molar-refractivity contribution in [1.82, 2.24) is 5.32 Å². The molecule has 3 atom stereocenters. The molecule has 2 heterocycles. The number of carbonyl (C=O) groups is 1. The molecule has 2 N–H and O–H groups in total. The average molecular weight is 329 g/mol. The van der Waals surface area contributed by atoms with E-state index in [0.29, 0.717) is 22.7 Å². The number of hydrogen-bond acceptors (Lipinski definition) is 3. The Hall–Kier alpha value is -1.88. The molecule has 5 heteroatoms. The molecule has 2 fully saturated rings. The van der Waals surface area contributed by atoms with Gasteiger partial charge in [-0.15, -0.1) is 0 Å². The van der Waals surface area contributed by atoms with Gasteiger partial charge in [0.2, 0.25) is 0 Å². The van der Waals surface area contributed by atoms with Crippen LogP contribution in [0.3, 0.4) is 0 Å². The van der Waals surface area contributed by atoms with Crippen molar-refractivity contribution in [3.8, 4) is 0 Å². The molecule has 2 aliphatic heterocycles. The monoisotopic (exact) mass is 328 g/mol. The predicted octanol–water partition coefficient (Wildman–Crippen LogP) is 3.39. The number of nitrogens with one attached hydrogen (secondary N) is 2. The second-order valence-electron chi connectivity index (χ2n) is 6.02. The third-order valence-electron chi connectivity index (χ3n) is 4.39. The molecule has 4 rings (SSSR count). The van der Waals surface area contributed by atoms with Gasteiger partial charge in [-0.1, -0.05) is 29.8 Å². The highest BCUT2D eigenvalue weighted by molar-refractivity contribution is 6.31. The van der Waals surface area contributed by atoms with E-state index in [-0.39, 0.29) is 12.0 Å². The Balaban J connectivity index is 1.51. The molecule has 2 aromatic carbocycles. The molecule has 2 aliphatic rings. The molecule has 0 radical (unpaired) electrons. The quantitative estimate of drug-likeness (QED) is 0.908. The Bertz CT molecular complexity index is 749. The summed E-state index contributed by atoms with van der Waals surface area (Å²) in [6.07, 6.45) is 1.44. The Morgan fingerprint density at radius 2 is 2.09 bits per heavy atom. The smallest absolute Gasteiger partial charge is 0.255 e. The summed E-state index contributed by atoms with van der Waals surface area (Å²) >= 11 is 5.94. The van der Waals surface area contributed by atoms with Gasteiger partial charge in [-0.3, -0.25) is 4.79 Å². The molecule has 0 saturated carbocycles. The van der Waals surface area contributed by atoms with E-state index in [1.165, 1.54) is 0 Å². The SMILES string of the molecule is O=C(Nc1cccc([C@@H]2O[C@H]3CN[C@@H]2C3)c1)c1cccc(Cl)c1. The van der Waals surface area contributed by atoms with Gasteiger partial charge in [-0.2, -0.15) is 0 Å². The lowest BCUT2D eigenvalue weighted by atomic mass is 10.0. The number of amides is 1. The lowest BCUT2D eigenvalue weighted by molar-refractivity contribution is 0.0161. The second-order valence-corrected chi connectivity index (χ2v) is 6.46. The summed E-state index contributed by atoms with van der Waals surface area (Å²) in [5, 5.41) is 6.94. The predicted molar refractivity (Wildman–Crippen MR) is 89.9 cm³/mol. The number of carbonyl (C=O) groups excluding carboxylic acids is 1. The van der Waals surface area contributed by atoms with Gasteiger partial charge >= 0.3 is 0 Å². The largest absolute Gasteiger partial charge is 0.367 e. The van der Waals surface area contributed by atoms with Crippen LogP contribution in [-0.4, -0.2) is 24.6 Å². The summed E-state index contributed by atoms with van der Waals surface area (Å²) in [6.45, 7) is 0.937. The van der Waals surface area contributed by atoms with E-state index in [9.17, 15) is 4.79 Å². The van der Waals surface area contributed by atoms with Crippen LogP contribution >= 0.6 is 11.6 Å². The summed E-state index contributed by atoms with van der Waals surface area (Å²) < 4.78 is 6.01. The third kappa shape index (κ3) is 2.98. The van der Waals surface area contributed by atoms with Crippen molar-refractivity contribution in [2.45, 2.75) is 24.7 Å². The number of fused-ring (bicyclic) bond motifs is 2. The van der Waals surface area contributed by atoms with E-state index in [1.807, 2.05) is 24.3 Å². The highest BCUT2D eigenvalue weighted by Gasteiger charge is 2.41. The van der Waals surface area contributed by atoms with Gasteiger partial charge in [-0.25, -0.2) is 0 Å². The van der Waals surface area contributed by atoms with Gasteiger partial charge in [0.15, 0.2) is 0 Å². The van der Waals surface area contributed by atoms with Gasteiger partial charge in [-0.05, 0) is 42.3 Å². The van der Waals surface area contributed by atoms with E-state index in [1.54, 1.807) is 24.3 Å². The molecule has 0 unspecified atom stereocenters. The number of anilines is 1. The summed E-state index contributed by atoms with van der Waals surface area (Å²) in [5.74, 6) is -0.170. The fourth-order valence-electron chi connectivity index (χ4n) is 3.31. The van der Waals surface area contributed by atoms with Crippen LogP contribution in [0.5, 0.6) is 0 Å². The van der Waals surface area contributed by atoms with Gasteiger partial charge in [0.1, 0.15) is 0 Å². The molecule has 2 bridgehead atoms. The lowest BCUT2D eigenvalue weighted by Crippen LogP contribution is -2.34. The molecule has 0 spiro atoms. The molecule has 2 saturated heterocycles. The van der Waals surface area contributed by atoms with Gasteiger partial charge in [0.05, 0.1) is 12.2 Å². The van der Waals surface area contributed by atoms with Crippen LogP contribution in [0.4, 0.5) is 5.69 Å². The lowest BCUT2D eigenvalue weighted by Gasteiger charge is -2.24. The molecule has 0 aliphatic carbocycles. The zero-order valence-electron chi connectivity index (χ0n) is 12.5. The molecule has 4 nitrogen and oxygen atoms in total. The van der Waals surface area contributed by atoms with Gasteiger partial charge in [0, 0.05) is 28.9 Å². The van der Waals surface area contributed by atoms with Crippen molar-refractivity contribution in [1.29, 1.82) is 0 Å². The van der Waals surface area contributed by atoms with E-state index in [2.05, 4.69) is 10.6 Å². The number of halogens is 1. The maximum Gasteiger partial charge on any atom is 0.255 e. The fourth-order valence-corrected chi connectivity index (χ4v) is 3.50. The first-order valence-corrected chi connectivity index (χ1v) is 8.12. The zero-order chi connectivity index (χ0) is 15.8. The molecular formula is C18H17ClN2O2. The number of hydrogen-bond donors (Lipinski definition) is 2. The average Bonchev–Trinajstić information content (AvgIpc) is 3.18. The Kier molecular flexibility index (Phi) is 3.81. The highest BCUT2D eigenvalue weighted by Crippen LogP contribution is 2.37. The normalized spacial score (nSPS) is 25.5. The minimum atomic E-state index is -0.170. The van der Waals surface area contributed by atoms with Crippen LogP contribution in [0.15, 0.2) is 48.5 Å². The summed E-state index contributed by atoms with van der Waals surface area (Å²) in [5.41, 5.74) is 2.40. The number of morpholine rings is 1. The van der Waals surface area contributed by atoms with Crippen LogP contribution in [0.2, 0.25) is 5.02 Å². The van der Waals surface area contributed by atoms with Crippen molar-refractivity contribution < 1.29 is 9.53 Å². The first-order chi connectivity index (χ1) is 11.2. The standard InChI is InChI=1S/C18H17ClN2O2/c19-13-5-1-4-12(7-13)18(22)21-14-6-2-3-11(8-14)17-16-9-15(23-17)10-20-16/h1-8,15-17,20H,9-10H2,(H,21,22)/t15-,16-,17+/m1/s1. The van der Waals surface area contributed by atoms with Crippen molar-refractivity contribution >= 4 is 23.2 Å². The van der Waals surface area contributed by atoms with Crippen LogP contribution in [-0.2, 0) is 4.74 Å². The highest BCUT2D eigenvalue weighted by atomic mass is 35.5. The molecular weight excluding hydrogens is 312 g/mol. The van der Waals surface area contributed by atoms with Crippen molar-refractivity contribution in [3.05, 3.63) is 64.7 Å². The Labute approximate surface area is 139 Å². The van der Waals surface area contributed by atoms with Crippen molar-refractivity contribution in [2.24, 2.45) is 0 Å². The number of rotatable bonds is 3. The Morgan fingerprint density at radius 3 is 2.83 bits per heavy atom. The molecule has 118 valence electrons. The number of benzene rings is 2. The van der Waals surface area contributed by atoms with E-state index >= 15 is 0 Å². The van der Waals surface area contributed by atoms with Crippen LogP contribution in [0.1, 0.15) is 28.4 Å². The molecule has 1 amide bonds. The van der Waals surface area contributed by atoms with Crippen LogP contribution in [0, 0.1) is 0 Å². The second kappa shape index (κ2) is 5.96. The van der Waals surface area contributed by atoms with E-state index in [4.69, 9.17) is 16.3 Å². The summed E-state index contributed by atoms with van der Waals surface area (Å²) in [7, 11) is 0. The zero-order valence-corrected chi connectivity index (χ0v) is 13.2. The molecule has 2 aromatic rings. The topological polar surface area (TPSA) is 50.4 Å². The fraction of sp³-hybridized carbons (Fsp3) is 0.278. The van der Waals surface area contributed by atoms with Crippen molar-refractivity contribution in [3.63, 3.8) is 0 Å². The maximum absolute atomic E-state index is 12.3. The first-order valence-electron chi connectivity index (χ1n) is 7.75.